The SMILES string of the molecule is Oc1ccc(Br)cc1-c1ccc2ccc3ccc(-c4cc(Br)ccc4O)nc3c2n1. The van der Waals surface area contributed by atoms with Crippen LogP contribution < -0.4 is 0 Å². The lowest BCUT2D eigenvalue weighted by molar-refractivity contribution is 0.476. The lowest BCUT2D eigenvalue weighted by Gasteiger charge is -2.10. The summed E-state index contributed by atoms with van der Waals surface area (Å²) in [5.41, 5.74) is 4.08. The number of benzene rings is 3. The van der Waals surface area contributed by atoms with Gasteiger partial charge in [0.05, 0.1) is 22.4 Å². The van der Waals surface area contributed by atoms with E-state index in [0.717, 1.165) is 30.8 Å². The van der Waals surface area contributed by atoms with Crippen molar-refractivity contribution in [3.8, 4) is 34.0 Å². The Morgan fingerprint density at radius 1 is 0.533 bits per heavy atom. The van der Waals surface area contributed by atoms with Crippen LogP contribution in [0.15, 0.2) is 81.7 Å². The highest BCUT2D eigenvalue weighted by molar-refractivity contribution is 9.10. The molecule has 0 unspecified atom stereocenters. The summed E-state index contributed by atoms with van der Waals surface area (Å²) in [5, 5.41) is 22.5. The van der Waals surface area contributed by atoms with Gasteiger partial charge in [0.1, 0.15) is 11.5 Å². The number of phenols is 2. The zero-order valence-electron chi connectivity index (χ0n) is 15.5. The van der Waals surface area contributed by atoms with E-state index in [-0.39, 0.29) is 11.5 Å². The van der Waals surface area contributed by atoms with Crippen LogP contribution in [0.4, 0.5) is 0 Å². The smallest absolute Gasteiger partial charge is 0.125 e. The van der Waals surface area contributed by atoms with Gasteiger partial charge < -0.3 is 10.2 Å². The number of aromatic hydroxyl groups is 2. The lowest BCUT2D eigenvalue weighted by atomic mass is 10.0. The van der Waals surface area contributed by atoms with Gasteiger partial charge >= 0.3 is 0 Å². The maximum Gasteiger partial charge on any atom is 0.125 e. The van der Waals surface area contributed by atoms with Crippen molar-refractivity contribution < 1.29 is 10.2 Å². The molecule has 3 aromatic carbocycles. The molecule has 6 heteroatoms. The number of halogens is 2. The van der Waals surface area contributed by atoms with Crippen molar-refractivity contribution in [3.05, 3.63) is 81.7 Å². The average molecular weight is 522 g/mol. The van der Waals surface area contributed by atoms with Crippen molar-refractivity contribution in [2.24, 2.45) is 0 Å². The summed E-state index contributed by atoms with van der Waals surface area (Å²) in [5.74, 6) is 0.330. The molecule has 0 atom stereocenters. The highest BCUT2D eigenvalue weighted by Crippen LogP contribution is 2.35. The van der Waals surface area contributed by atoms with Gasteiger partial charge in [-0.3, -0.25) is 0 Å². The van der Waals surface area contributed by atoms with Crippen LogP contribution in [0, 0.1) is 0 Å². The molecule has 4 nitrogen and oxygen atoms in total. The second-order valence-electron chi connectivity index (χ2n) is 6.92. The standard InChI is InChI=1S/C24H14Br2N2O2/c25-15-5-9-21(29)17(11-15)19-7-3-13-1-2-14-4-8-20(28-24(14)23(13)27-19)18-12-16(26)6-10-22(18)30/h1-12,29-30H. The van der Waals surface area contributed by atoms with Gasteiger partial charge in [0, 0.05) is 30.8 Å². The van der Waals surface area contributed by atoms with Crippen LogP contribution in [0.5, 0.6) is 11.5 Å². The number of hydrogen-bond donors (Lipinski definition) is 2. The van der Waals surface area contributed by atoms with E-state index in [0.29, 0.717) is 22.5 Å². The van der Waals surface area contributed by atoms with Crippen LogP contribution >= 0.6 is 31.9 Å². The number of nitrogens with zero attached hydrogens (tertiary/aromatic N) is 2. The molecule has 0 saturated carbocycles. The molecule has 0 amide bonds. The van der Waals surface area contributed by atoms with E-state index in [2.05, 4.69) is 31.9 Å². The van der Waals surface area contributed by atoms with Gasteiger partial charge in [0.25, 0.3) is 0 Å². The number of fused-ring (bicyclic) bond motifs is 3. The van der Waals surface area contributed by atoms with E-state index in [1.165, 1.54) is 0 Å². The number of hydrogen-bond acceptors (Lipinski definition) is 4. The van der Waals surface area contributed by atoms with Crippen LogP contribution in [-0.4, -0.2) is 20.2 Å². The van der Waals surface area contributed by atoms with Crippen molar-refractivity contribution in [1.82, 2.24) is 9.97 Å². The maximum absolute atomic E-state index is 10.3. The van der Waals surface area contributed by atoms with Crippen LogP contribution in [-0.2, 0) is 0 Å². The first-order chi connectivity index (χ1) is 14.5. The van der Waals surface area contributed by atoms with Crippen LogP contribution in [0.1, 0.15) is 0 Å². The third kappa shape index (κ3) is 3.32. The third-order valence-corrected chi connectivity index (χ3v) is 5.98. The molecular weight excluding hydrogens is 508 g/mol. The minimum Gasteiger partial charge on any atom is -0.507 e. The molecular formula is C24H14Br2N2O2. The fraction of sp³-hybridized carbons (Fsp3) is 0. The Balaban J connectivity index is 1.77. The average Bonchev–Trinajstić information content (AvgIpc) is 2.76. The maximum atomic E-state index is 10.3. The predicted molar refractivity (Wildman–Crippen MR) is 127 cm³/mol. The van der Waals surface area contributed by atoms with Gasteiger partial charge in [0.15, 0.2) is 0 Å². The minimum absolute atomic E-state index is 0.165. The molecule has 2 heterocycles. The summed E-state index contributed by atoms with van der Waals surface area (Å²) < 4.78 is 1.72. The Bertz CT molecular complexity index is 1340. The van der Waals surface area contributed by atoms with Crippen LogP contribution in [0.3, 0.4) is 0 Å². The molecule has 146 valence electrons. The molecule has 0 aliphatic carbocycles. The fourth-order valence-corrected chi connectivity index (χ4v) is 4.22. The van der Waals surface area contributed by atoms with Crippen molar-refractivity contribution in [1.29, 1.82) is 0 Å². The Labute approximate surface area is 189 Å². The largest absolute Gasteiger partial charge is 0.507 e. The highest BCUT2D eigenvalue weighted by atomic mass is 79.9. The number of rotatable bonds is 2. The first-order valence-electron chi connectivity index (χ1n) is 9.18. The molecule has 0 bridgehead atoms. The zero-order valence-corrected chi connectivity index (χ0v) is 18.6. The van der Waals surface area contributed by atoms with Gasteiger partial charge in [-0.15, -0.1) is 0 Å². The predicted octanol–water partition coefficient (Wildman–Crippen LogP) is 7.05. The molecule has 0 saturated heterocycles. The lowest BCUT2D eigenvalue weighted by Crippen LogP contribution is -1.91. The van der Waals surface area contributed by atoms with Crippen molar-refractivity contribution in [2.75, 3.05) is 0 Å². The van der Waals surface area contributed by atoms with Gasteiger partial charge in [-0.2, -0.15) is 0 Å². The number of pyridine rings is 2. The third-order valence-electron chi connectivity index (χ3n) is 4.99. The van der Waals surface area contributed by atoms with Gasteiger partial charge in [-0.05, 0) is 48.5 Å². The second-order valence-corrected chi connectivity index (χ2v) is 8.76. The topological polar surface area (TPSA) is 66.2 Å². The van der Waals surface area contributed by atoms with E-state index in [4.69, 9.17) is 9.97 Å². The Kier molecular flexibility index (Phi) is 4.68. The quantitative estimate of drug-likeness (QED) is 0.244. The molecule has 0 spiro atoms. The number of aromatic nitrogens is 2. The van der Waals surface area contributed by atoms with Crippen molar-refractivity contribution in [3.63, 3.8) is 0 Å². The molecule has 2 aromatic heterocycles. The first-order valence-corrected chi connectivity index (χ1v) is 10.8. The molecule has 0 radical (unpaired) electrons. The molecule has 2 N–H and O–H groups in total. The Morgan fingerprint density at radius 2 is 0.933 bits per heavy atom. The van der Waals surface area contributed by atoms with Gasteiger partial charge in [-0.1, -0.05) is 56.1 Å². The minimum atomic E-state index is 0.165. The van der Waals surface area contributed by atoms with Gasteiger partial charge in [0.2, 0.25) is 0 Å². The van der Waals surface area contributed by atoms with Gasteiger partial charge in [-0.25, -0.2) is 9.97 Å². The van der Waals surface area contributed by atoms with E-state index in [1.54, 1.807) is 24.3 Å². The summed E-state index contributed by atoms with van der Waals surface area (Å²) in [6, 6.07) is 22.3. The molecule has 0 aliphatic heterocycles. The Morgan fingerprint density at radius 3 is 1.37 bits per heavy atom. The molecule has 0 fully saturated rings. The second kappa shape index (κ2) is 7.38. The van der Waals surface area contributed by atoms with Crippen LogP contribution in [0.2, 0.25) is 0 Å². The van der Waals surface area contributed by atoms with E-state index < -0.39 is 0 Å². The summed E-state index contributed by atoms with van der Waals surface area (Å²) in [6.45, 7) is 0. The summed E-state index contributed by atoms with van der Waals surface area (Å²) in [4.78, 5) is 9.67. The highest BCUT2D eigenvalue weighted by Gasteiger charge is 2.12. The van der Waals surface area contributed by atoms with Crippen LogP contribution in [0.25, 0.3) is 44.3 Å². The van der Waals surface area contributed by atoms with E-state index in [1.807, 2.05) is 48.5 Å². The Hall–Kier alpha value is -2.96. The zero-order chi connectivity index (χ0) is 20.8. The molecule has 5 rings (SSSR count). The van der Waals surface area contributed by atoms with Crippen molar-refractivity contribution >= 4 is 53.7 Å². The number of phenolic OH excluding ortho intramolecular Hbond substituents is 2. The summed E-state index contributed by atoms with van der Waals surface area (Å²) >= 11 is 6.90. The fourth-order valence-electron chi connectivity index (χ4n) is 3.49. The van der Waals surface area contributed by atoms with E-state index in [9.17, 15) is 10.2 Å². The van der Waals surface area contributed by atoms with Crippen molar-refractivity contribution in [2.45, 2.75) is 0 Å². The summed E-state index contributed by atoms with van der Waals surface area (Å²) in [6.07, 6.45) is 0. The summed E-state index contributed by atoms with van der Waals surface area (Å²) in [7, 11) is 0. The molecule has 30 heavy (non-hydrogen) atoms. The molecule has 0 aliphatic rings. The first kappa shape index (κ1) is 19.0. The monoisotopic (exact) mass is 520 g/mol. The normalized spacial score (nSPS) is 11.3. The van der Waals surface area contributed by atoms with E-state index >= 15 is 0 Å². The molecule has 5 aromatic rings.